The van der Waals surface area contributed by atoms with Gasteiger partial charge >= 0.3 is 6.18 Å². The third kappa shape index (κ3) is 4.34. The van der Waals surface area contributed by atoms with Crippen LogP contribution >= 0.6 is 0 Å². The highest BCUT2D eigenvalue weighted by Crippen LogP contribution is 2.26. The molecular formula is C16H18F3N3O. The second-order valence-corrected chi connectivity index (χ2v) is 5.45. The first kappa shape index (κ1) is 17.1. The van der Waals surface area contributed by atoms with Crippen LogP contribution in [0.25, 0.3) is 0 Å². The molecule has 0 radical (unpaired) electrons. The lowest BCUT2D eigenvalue weighted by atomic mass is 10.1. The molecule has 2 aromatic rings. The van der Waals surface area contributed by atoms with Crippen molar-refractivity contribution in [3.63, 3.8) is 0 Å². The van der Waals surface area contributed by atoms with Crippen molar-refractivity contribution in [2.24, 2.45) is 7.05 Å². The summed E-state index contributed by atoms with van der Waals surface area (Å²) < 4.78 is 39.4. The molecule has 1 aromatic carbocycles. The van der Waals surface area contributed by atoms with E-state index >= 15 is 0 Å². The molecule has 7 heteroatoms. The zero-order valence-corrected chi connectivity index (χ0v) is 13.2. The Morgan fingerprint density at radius 3 is 2.48 bits per heavy atom. The van der Waals surface area contributed by atoms with Crippen molar-refractivity contribution >= 4 is 11.6 Å². The summed E-state index contributed by atoms with van der Waals surface area (Å²) in [6.45, 7) is 3.65. The number of alkyl halides is 3. The van der Waals surface area contributed by atoms with E-state index in [1.165, 1.54) is 18.2 Å². The quantitative estimate of drug-likeness (QED) is 0.937. The van der Waals surface area contributed by atoms with Crippen LogP contribution in [0.2, 0.25) is 0 Å². The SMILES string of the molecule is Cc1nn(C)c(C)c1CC(=O)Nc1ccccc1CC(F)(F)F. The van der Waals surface area contributed by atoms with E-state index in [1.54, 1.807) is 24.7 Å². The van der Waals surface area contributed by atoms with Gasteiger partial charge in [0.25, 0.3) is 0 Å². The lowest BCUT2D eigenvalue weighted by Crippen LogP contribution is -2.18. The minimum absolute atomic E-state index is 0.0491. The lowest BCUT2D eigenvalue weighted by molar-refractivity contribution is -0.127. The summed E-state index contributed by atoms with van der Waals surface area (Å²) >= 11 is 0. The number of hydrogen-bond donors (Lipinski definition) is 1. The lowest BCUT2D eigenvalue weighted by Gasteiger charge is -2.13. The minimum Gasteiger partial charge on any atom is -0.326 e. The van der Waals surface area contributed by atoms with Gasteiger partial charge in [0.05, 0.1) is 18.5 Å². The molecule has 2 rings (SSSR count). The number of para-hydroxylation sites is 1. The monoisotopic (exact) mass is 325 g/mol. The minimum atomic E-state index is -4.32. The molecule has 0 saturated carbocycles. The molecule has 1 heterocycles. The second kappa shape index (κ2) is 6.44. The van der Waals surface area contributed by atoms with E-state index in [9.17, 15) is 18.0 Å². The Hall–Kier alpha value is -2.31. The number of hydrogen-bond acceptors (Lipinski definition) is 2. The average molecular weight is 325 g/mol. The third-order valence-corrected chi connectivity index (χ3v) is 3.68. The van der Waals surface area contributed by atoms with Crippen molar-refractivity contribution in [1.82, 2.24) is 9.78 Å². The van der Waals surface area contributed by atoms with Crippen molar-refractivity contribution in [2.75, 3.05) is 5.32 Å². The van der Waals surface area contributed by atoms with Gasteiger partial charge in [-0.3, -0.25) is 9.48 Å². The van der Waals surface area contributed by atoms with Crippen molar-refractivity contribution in [2.45, 2.75) is 32.9 Å². The van der Waals surface area contributed by atoms with Gasteiger partial charge in [0.2, 0.25) is 5.91 Å². The number of nitrogens with zero attached hydrogens (tertiary/aromatic N) is 2. The normalized spacial score (nSPS) is 11.6. The van der Waals surface area contributed by atoms with Crippen LogP contribution in [0, 0.1) is 13.8 Å². The van der Waals surface area contributed by atoms with Crippen LogP contribution in [0.5, 0.6) is 0 Å². The van der Waals surface area contributed by atoms with Gasteiger partial charge in [0.15, 0.2) is 0 Å². The number of aryl methyl sites for hydroxylation is 2. The Morgan fingerprint density at radius 2 is 1.91 bits per heavy atom. The number of amides is 1. The average Bonchev–Trinajstić information content (AvgIpc) is 2.66. The molecule has 124 valence electrons. The van der Waals surface area contributed by atoms with E-state index in [1.807, 2.05) is 6.92 Å². The summed E-state index contributed by atoms with van der Waals surface area (Å²) in [6, 6.07) is 5.95. The van der Waals surface area contributed by atoms with Crippen molar-refractivity contribution in [1.29, 1.82) is 0 Å². The number of carbonyl (C=O) groups is 1. The van der Waals surface area contributed by atoms with Gasteiger partial charge in [-0.2, -0.15) is 18.3 Å². The van der Waals surface area contributed by atoms with Crippen LogP contribution in [0.1, 0.15) is 22.5 Å². The van der Waals surface area contributed by atoms with Crippen LogP contribution in [-0.2, 0) is 24.7 Å². The Balaban J connectivity index is 2.15. The molecule has 0 aliphatic heterocycles. The highest BCUT2D eigenvalue weighted by atomic mass is 19.4. The first-order valence-corrected chi connectivity index (χ1v) is 7.11. The van der Waals surface area contributed by atoms with Crippen molar-refractivity contribution in [3.8, 4) is 0 Å². The van der Waals surface area contributed by atoms with Crippen molar-refractivity contribution in [3.05, 3.63) is 46.8 Å². The van der Waals surface area contributed by atoms with Crippen LogP contribution < -0.4 is 5.32 Å². The zero-order valence-electron chi connectivity index (χ0n) is 13.2. The van der Waals surface area contributed by atoms with E-state index in [4.69, 9.17) is 0 Å². The molecule has 0 unspecified atom stereocenters. The Kier molecular flexibility index (Phi) is 4.77. The number of anilines is 1. The van der Waals surface area contributed by atoms with Gasteiger partial charge in [-0.15, -0.1) is 0 Å². The summed E-state index contributed by atoms with van der Waals surface area (Å²) in [5, 5.41) is 6.79. The maximum Gasteiger partial charge on any atom is 0.393 e. The summed E-state index contributed by atoms with van der Waals surface area (Å²) in [7, 11) is 1.78. The standard InChI is InChI=1S/C16H18F3N3O/c1-10-13(11(2)22(3)21-10)8-15(23)20-14-7-5-4-6-12(14)9-16(17,18)19/h4-7H,8-9H2,1-3H3,(H,20,23). The predicted molar refractivity (Wildman–Crippen MR) is 81.2 cm³/mol. The third-order valence-electron chi connectivity index (χ3n) is 3.68. The number of benzene rings is 1. The molecular weight excluding hydrogens is 307 g/mol. The van der Waals surface area contributed by atoms with Crippen molar-refractivity contribution < 1.29 is 18.0 Å². The molecule has 1 amide bonds. The largest absolute Gasteiger partial charge is 0.393 e. The zero-order chi connectivity index (χ0) is 17.2. The number of nitrogens with one attached hydrogen (secondary N) is 1. The van der Waals surface area contributed by atoms with Gasteiger partial charge in [0.1, 0.15) is 0 Å². The van der Waals surface area contributed by atoms with E-state index in [2.05, 4.69) is 10.4 Å². The second-order valence-electron chi connectivity index (χ2n) is 5.45. The van der Waals surface area contributed by atoms with Gasteiger partial charge in [-0.1, -0.05) is 18.2 Å². The molecule has 0 saturated heterocycles. The van der Waals surface area contributed by atoms with E-state index in [0.717, 1.165) is 17.0 Å². The topological polar surface area (TPSA) is 46.9 Å². The summed E-state index contributed by atoms with van der Waals surface area (Å²) in [4.78, 5) is 12.2. The van der Waals surface area contributed by atoms with E-state index in [0.29, 0.717) is 0 Å². The van der Waals surface area contributed by atoms with Crippen LogP contribution in [0.15, 0.2) is 24.3 Å². The van der Waals surface area contributed by atoms with Gasteiger partial charge in [0, 0.05) is 24.0 Å². The molecule has 0 aliphatic rings. The molecule has 23 heavy (non-hydrogen) atoms. The molecule has 4 nitrogen and oxygen atoms in total. The number of halogens is 3. The molecule has 0 fully saturated rings. The molecule has 0 spiro atoms. The summed E-state index contributed by atoms with van der Waals surface area (Å²) in [5.74, 6) is -0.362. The van der Waals surface area contributed by atoms with Gasteiger partial charge < -0.3 is 5.32 Å². The molecule has 0 bridgehead atoms. The number of aromatic nitrogens is 2. The molecule has 0 aliphatic carbocycles. The van der Waals surface area contributed by atoms with E-state index < -0.39 is 12.6 Å². The predicted octanol–water partition coefficient (Wildman–Crippen LogP) is 3.32. The highest BCUT2D eigenvalue weighted by Gasteiger charge is 2.29. The van der Waals surface area contributed by atoms with E-state index in [-0.39, 0.29) is 23.6 Å². The fourth-order valence-electron chi connectivity index (χ4n) is 2.44. The maximum absolute atomic E-state index is 12.6. The van der Waals surface area contributed by atoms with Crippen LogP contribution in [0.3, 0.4) is 0 Å². The first-order valence-electron chi connectivity index (χ1n) is 7.11. The fourth-order valence-corrected chi connectivity index (χ4v) is 2.44. The number of carbonyl (C=O) groups excluding carboxylic acids is 1. The summed E-state index contributed by atoms with van der Waals surface area (Å²) in [6.07, 6.45) is -5.32. The smallest absolute Gasteiger partial charge is 0.326 e. The Morgan fingerprint density at radius 1 is 1.26 bits per heavy atom. The fraction of sp³-hybridized carbons (Fsp3) is 0.375. The Labute approximate surface area is 132 Å². The number of rotatable bonds is 4. The van der Waals surface area contributed by atoms with Gasteiger partial charge in [-0.25, -0.2) is 0 Å². The van der Waals surface area contributed by atoms with Crippen LogP contribution in [-0.4, -0.2) is 21.9 Å². The van der Waals surface area contributed by atoms with Gasteiger partial charge in [-0.05, 0) is 25.5 Å². The summed E-state index contributed by atoms with van der Waals surface area (Å²) in [5.41, 5.74) is 2.63. The van der Waals surface area contributed by atoms with Crippen LogP contribution in [0.4, 0.5) is 18.9 Å². The highest BCUT2D eigenvalue weighted by molar-refractivity contribution is 5.93. The molecule has 0 atom stereocenters. The Bertz CT molecular complexity index is 720. The molecule has 1 aromatic heterocycles. The molecule has 1 N–H and O–H groups in total. The first-order chi connectivity index (χ1) is 10.7. The maximum atomic E-state index is 12.6.